The van der Waals surface area contributed by atoms with Gasteiger partial charge in [0.25, 0.3) is 8.32 Å². The number of allylic oxidation sites excluding steroid dienone is 1. The van der Waals surface area contributed by atoms with Gasteiger partial charge >= 0.3 is 0 Å². The maximum atomic E-state index is 15.0. The summed E-state index contributed by atoms with van der Waals surface area (Å²) in [6, 6.07) is 32.8. The summed E-state index contributed by atoms with van der Waals surface area (Å²) in [5.41, 5.74) is 0.928. The van der Waals surface area contributed by atoms with Crippen LogP contribution in [0.15, 0.2) is 116 Å². The molecule has 5 rings (SSSR count). The van der Waals surface area contributed by atoms with E-state index in [0.717, 1.165) is 11.1 Å². The lowest BCUT2D eigenvalue weighted by atomic mass is 9.67. The summed E-state index contributed by atoms with van der Waals surface area (Å²) in [6.45, 7) is 15.2. The first-order valence-corrected chi connectivity index (χ1v) is 19.4. The van der Waals surface area contributed by atoms with Crippen LogP contribution < -0.4 is 10.4 Å². The normalized spacial score (nSPS) is 20.8. The molecule has 1 fully saturated rings. The Morgan fingerprint density at radius 2 is 1.52 bits per heavy atom. The van der Waals surface area contributed by atoms with Crippen LogP contribution in [0.4, 0.5) is 4.39 Å². The molecule has 0 saturated carbocycles. The number of rotatable bonds is 11. The van der Waals surface area contributed by atoms with Crippen molar-refractivity contribution in [3.8, 4) is 0 Å². The molecule has 4 aromatic carbocycles. The van der Waals surface area contributed by atoms with E-state index in [1.54, 1.807) is 6.07 Å². The zero-order chi connectivity index (χ0) is 34.7. The van der Waals surface area contributed by atoms with Crippen LogP contribution in [0.25, 0.3) is 0 Å². The summed E-state index contributed by atoms with van der Waals surface area (Å²) in [7, 11) is -2.91. The summed E-state index contributed by atoms with van der Waals surface area (Å²) in [5, 5.41) is 3.07. The topological polar surface area (TPSA) is 29.5 Å². The SMILES string of the molecule is C=CC[C@@]1(C)C[C@H](c2cc(F)cc(Cl)c2)[C@@H](c2ccc(Cl)cc2)N([C@@H](CC)CO[Si](c2ccccc2)(c2ccccc2)C(C)(C)C)C1=O. The van der Waals surface area contributed by atoms with Gasteiger partial charge in [-0.3, -0.25) is 4.79 Å². The monoisotopic (exact) mass is 701 g/mol. The smallest absolute Gasteiger partial charge is 0.261 e. The molecule has 0 spiro atoms. The maximum absolute atomic E-state index is 15.0. The van der Waals surface area contributed by atoms with E-state index in [0.29, 0.717) is 35.9 Å². The van der Waals surface area contributed by atoms with Crippen molar-refractivity contribution in [2.45, 2.75) is 76.9 Å². The average molecular weight is 703 g/mol. The second-order valence-electron chi connectivity index (χ2n) is 14.3. The Balaban J connectivity index is 1.68. The summed E-state index contributed by atoms with van der Waals surface area (Å²) in [5.74, 6) is -0.605. The van der Waals surface area contributed by atoms with Crippen LogP contribution in [0.3, 0.4) is 0 Å². The van der Waals surface area contributed by atoms with E-state index in [1.165, 1.54) is 16.4 Å². The molecule has 252 valence electrons. The van der Waals surface area contributed by atoms with Crippen LogP contribution in [0.5, 0.6) is 0 Å². The van der Waals surface area contributed by atoms with Crippen molar-refractivity contribution >= 4 is 47.8 Å². The van der Waals surface area contributed by atoms with Crippen molar-refractivity contribution in [3.63, 3.8) is 0 Å². The van der Waals surface area contributed by atoms with Gasteiger partial charge in [-0.25, -0.2) is 4.39 Å². The molecule has 1 aliphatic rings. The van der Waals surface area contributed by atoms with Gasteiger partial charge in [0.2, 0.25) is 5.91 Å². The van der Waals surface area contributed by atoms with Gasteiger partial charge in [0, 0.05) is 16.0 Å². The molecule has 3 nitrogen and oxygen atoms in total. The Labute approximate surface area is 296 Å². The molecule has 1 saturated heterocycles. The molecular formula is C41H46Cl2FNO2Si. The Bertz CT molecular complexity index is 1650. The van der Waals surface area contributed by atoms with E-state index in [9.17, 15) is 9.18 Å². The van der Waals surface area contributed by atoms with Gasteiger partial charge < -0.3 is 9.33 Å². The number of piperidine rings is 1. The highest BCUT2D eigenvalue weighted by atomic mass is 35.5. The van der Waals surface area contributed by atoms with Crippen molar-refractivity contribution in [2.24, 2.45) is 5.41 Å². The van der Waals surface area contributed by atoms with Crippen molar-refractivity contribution < 1.29 is 13.6 Å². The number of carbonyl (C=O) groups is 1. The molecular weight excluding hydrogens is 656 g/mol. The predicted octanol–water partition coefficient (Wildman–Crippen LogP) is 10.1. The molecule has 0 bridgehead atoms. The maximum Gasteiger partial charge on any atom is 0.261 e. The van der Waals surface area contributed by atoms with Gasteiger partial charge in [-0.1, -0.05) is 137 Å². The highest BCUT2D eigenvalue weighted by Crippen LogP contribution is 2.52. The van der Waals surface area contributed by atoms with Gasteiger partial charge in [-0.15, -0.1) is 6.58 Å². The summed E-state index contributed by atoms with van der Waals surface area (Å²) in [6.07, 6.45) is 3.47. The second kappa shape index (κ2) is 14.7. The number of nitrogens with zero attached hydrogens (tertiary/aromatic N) is 1. The summed E-state index contributed by atoms with van der Waals surface area (Å²) in [4.78, 5) is 17.0. The Kier molecular flexibility index (Phi) is 11.1. The van der Waals surface area contributed by atoms with Gasteiger partial charge in [-0.05, 0) is 76.1 Å². The number of hydrogen-bond donors (Lipinski definition) is 0. The summed E-state index contributed by atoms with van der Waals surface area (Å²) < 4.78 is 22.4. The highest BCUT2D eigenvalue weighted by molar-refractivity contribution is 6.99. The first-order chi connectivity index (χ1) is 22.8. The zero-order valence-corrected chi connectivity index (χ0v) is 31.1. The number of amides is 1. The Morgan fingerprint density at radius 1 is 0.938 bits per heavy atom. The van der Waals surface area contributed by atoms with Crippen LogP contribution in [0, 0.1) is 11.2 Å². The number of halogens is 3. The number of benzene rings is 4. The minimum Gasteiger partial charge on any atom is -0.405 e. The number of carbonyl (C=O) groups excluding carboxylic acids is 1. The summed E-state index contributed by atoms with van der Waals surface area (Å²) >= 11 is 12.8. The fourth-order valence-electron chi connectivity index (χ4n) is 7.72. The Hall–Kier alpha value is -3.22. The lowest BCUT2D eigenvalue weighted by Gasteiger charge is -2.53. The minimum atomic E-state index is -2.91. The molecule has 0 aliphatic carbocycles. The third-order valence-electron chi connectivity index (χ3n) is 10.00. The largest absolute Gasteiger partial charge is 0.405 e. The Morgan fingerprint density at radius 3 is 2.02 bits per heavy atom. The van der Waals surface area contributed by atoms with Crippen molar-refractivity contribution in [1.29, 1.82) is 0 Å². The third kappa shape index (κ3) is 7.07. The fourth-order valence-corrected chi connectivity index (χ4v) is 12.7. The molecule has 0 aromatic heterocycles. The van der Waals surface area contributed by atoms with Gasteiger partial charge in [0.05, 0.1) is 24.1 Å². The van der Waals surface area contributed by atoms with E-state index in [4.69, 9.17) is 27.6 Å². The van der Waals surface area contributed by atoms with Crippen molar-refractivity contribution in [1.82, 2.24) is 4.90 Å². The molecule has 1 aliphatic heterocycles. The first-order valence-electron chi connectivity index (χ1n) is 16.7. The molecule has 1 heterocycles. The van der Waals surface area contributed by atoms with Gasteiger partial charge in [0.1, 0.15) is 5.82 Å². The van der Waals surface area contributed by atoms with E-state index in [1.807, 2.05) is 60.4 Å². The van der Waals surface area contributed by atoms with Crippen LogP contribution in [0.2, 0.25) is 15.1 Å². The van der Waals surface area contributed by atoms with E-state index < -0.39 is 25.6 Å². The number of hydrogen-bond acceptors (Lipinski definition) is 2. The molecule has 4 atom stereocenters. The molecule has 0 radical (unpaired) electrons. The predicted molar refractivity (Wildman–Crippen MR) is 200 cm³/mol. The van der Waals surface area contributed by atoms with Crippen molar-refractivity contribution in [2.75, 3.05) is 6.61 Å². The number of likely N-dealkylation sites (tertiary alicyclic amines) is 1. The molecule has 7 heteroatoms. The first kappa shape index (κ1) is 36.1. The van der Waals surface area contributed by atoms with Crippen molar-refractivity contribution in [3.05, 3.63) is 143 Å². The minimum absolute atomic E-state index is 0.0407. The standard InChI is InChI=1S/C41H46Cl2FNO2Si/c1-7-23-41(6)27-37(30-24-32(43)26-33(44)25-30)38(29-19-21-31(42)22-20-29)45(39(41)46)34(8-2)28-47-48(40(3,4)5,35-15-11-9-12-16-35)36-17-13-10-14-18-36/h7,9-22,24-26,34,37-38H,1,8,23,27-28H2,2-6H3/t34-,37+,38+,41-/m0/s1. The molecule has 48 heavy (non-hydrogen) atoms. The zero-order valence-electron chi connectivity index (χ0n) is 28.6. The average Bonchev–Trinajstić information content (AvgIpc) is 3.05. The van der Waals surface area contributed by atoms with Gasteiger partial charge in [0.15, 0.2) is 0 Å². The van der Waals surface area contributed by atoms with E-state index in [-0.39, 0.29) is 22.9 Å². The molecule has 4 aromatic rings. The molecule has 1 amide bonds. The highest BCUT2D eigenvalue weighted by Gasteiger charge is 2.53. The lowest BCUT2D eigenvalue weighted by Crippen LogP contribution is -2.67. The lowest BCUT2D eigenvalue weighted by molar-refractivity contribution is -0.155. The fraction of sp³-hybridized carbons (Fsp3) is 0.341. The molecule has 0 N–H and O–H groups in total. The quantitative estimate of drug-likeness (QED) is 0.115. The third-order valence-corrected chi connectivity index (χ3v) is 15.5. The van der Waals surface area contributed by atoms with Crippen LogP contribution in [-0.2, 0) is 9.22 Å². The van der Waals surface area contributed by atoms with Crippen LogP contribution in [0.1, 0.15) is 77.0 Å². The van der Waals surface area contributed by atoms with E-state index in [2.05, 4.69) is 82.8 Å². The molecule has 0 unspecified atom stereocenters. The van der Waals surface area contributed by atoms with Gasteiger partial charge in [-0.2, -0.15) is 0 Å². The van der Waals surface area contributed by atoms with E-state index >= 15 is 0 Å². The van der Waals surface area contributed by atoms with Crippen LogP contribution >= 0.6 is 23.2 Å². The van der Waals surface area contributed by atoms with Crippen LogP contribution in [-0.4, -0.2) is 31.8 Å². The second-order valence-corrected chi connectivity index (χ2v) is 19.5.